The van der Waals surface area contributed by atoms with Gasteiger partial charge >= 0.3 is 0 Å². The van der Waals surface area contributed by atoms with Crippen molar-refractivity contribution < 1.29 is 9.53 Å². The number of amides is 1. The Morgan fingerprint density at radius 3 is 3.00 bits per heavy atom. The molecule has 6 heteroatoms. The maximum absolute atomic E-state index is 12.6. The Kier molecular flexibility index (Phi) is 4.20. The molecule has 6 nitrogen and oxygen atoms in total. The van der Waals surface area contributed by atoms with Crippen LogP contribution in [0.15, 0.2) is 30.6 Å². The normalized spacial score (nSPS) is 17.4. The second-order valence-electron chi connectivity index (χ2n) is 5.42. The predicted molar refractivity (Wildman–Crippen MR) is 81.5 cm³/mol. The summed E-state index contributed by atoms with van der Waals surface area (Å²) < 4.78 is 7.35. The number of hydrogen-bond donors (Lipinski definition) is 0. The summed E-state index contributed by atoms with van der Waals surface area (Å²) in [6.07, 6.45) is 3.50. The van der Waals surface area contributed by atoms with Gasteiger partial charge in [-0.2, -0.15) is 5.10 Å². The van der Waals surface area contributed by atoms with E-state index >= 15 is 0 Å². The van der Waals surface area contributed by atoms with Crippen LogP contribution in [-0.4, -0.2) is 45.8 Å². The van der Waals surface area contributed by atoms with Gasteiger partial charge in [-0.3, -0.25) is 14.5 Å². The zero-order valence-corrected chi connectivity index (χ0v) is 12.9. The molecule has 1 amide bonds. The average Bonchev–Trinajstić information content (AvgIpc) is 2.98. The summed E-state index contributed by atoms with van der Waals surface area (Å²) in [5, 5.41) is 4.42. The van der Waals surface area contributed by atoms with Crippen molar-refractivity contribution in [2.45, 2.75) is 25.9 Å². The van der Waals surface area contributed by atoms with Crippen molar-refractivity contribution in [1.29, 1.82) is 0 Å². The van der Waals surface area contributed by atoms with Gasteiger partial charge in [0.2, 0.25) is 0 Å². The zero-order valence-electron chi connectivity index (χ0n) is 12.9. The summed E-state index contributed by atoms with van der Waals surface area (Å²) in [4.78, 5) is 18.6. The van der Waals surface area contributed by atoms with Gasteiger partial charge in [0.1, 0.15) is 5.69 Å². The molecule has 0 spiro atoms. The maximum atomic E-state index is 12.6. The summed E-state index contributed by atoms with van der Waals surface area (Å²) in [6, 6.07) is 5.39. The van der Waals surface area contributed by atoms with Crippen LogP contribution in [0.25, 0.3) is 0 Å². The van der Waals surface area contributed by atoms with Crippen LogP contribution >= 0.6 is 0 Å². The molecule has 3 heterocycles. The Morgan fingerprint density at radius 1 is 1.45 bits per heavy atom. The minimum atomic E-state index is -0.0448. The topological polar surface area (TPSA) is 60.2 Å². The molecule has 0 unspecified atom stereocenters. The number of hydrogen-bond acceptors (Lipinski definition) is 4. The number of methoxy groups -OCH3 is 1. The van der Waals surface area contributed by atoms with E-state index in [0.29, 0.717) is 25.4 Å². The number of pyridine rings is 1. The zero-order chi connectivity index (χ0) is 15.5. The number of nitrogens with zero attached hydrogens (tertiary/aromatic N) is 4. The fraction of sp³-hybridized carbons (Fsp3) is 0.438. The van der Waals surface area contributed by atoms with Crippen LogP contribution in [0.4, 0.5) is 0 Å². The first-order chi connectivity index (χ1) is 10.7. The van der Waals surface area contributed by atoms with Gasteiger partial charge < -0.3 is 9.64 Å². The summed E-state index contributed by atoms with van der Waals surface area (Å²) in [5.74, 6) is 0.0977. The van der Waals surface area contributed by atoms with E-state index in [4.69, 9.17) is 4.74 Å². The molecule has 3 rings (SSSR count). The van der Waals surface area contributed by atoms with E-state index in [9.17, 15) is 4.79 Å². The number of aryl methyl sites for hydroxylation is 1. The number of carbonyl (C=O) groups is 1. The molecule has 2 aromatic rings. The van der Waals surface area contributed by atoms with Gasteiger partial charge in [-0.15, -0.1) is 0 Å². The lowest BCUT2D eigenvalue weighted by atomic mass is 9.96. The lowest BCUT2D eigenvalue weighted by molar-refractivity contribution is 0.0669. The maximum Gasteiger partial charge on any atom is 0.272 e. The number of carbonyl (C=O) groups excluding carboxylic acids is 1. The molecule has 0 aromatic carbocycles. The predicted octanol–water partition coefficient (Wildman–Crippen LogP) is 1.68. The summed E-state index contributed by atoms with van der Waals surface area (Å²) in [5.41, 5.74) is 2.76. The number of fused-ring (bicyclic) bond motifs is 1. The molecular formula is C16H20N4O2. The van der Waals surface area contributed by atoms with E-state index in [2.05, 4.69) is 17.0 Å². The van der Waals surface area contributed by atoms with Crippen LogP contribution in [-0.2, 0) is 17.8 Å². The highest BCUT2D eigenvalue weighted by atomic mass is 16.5. The number of ether oxygens (including phenoxy) is 1. The third-order valence-electron chi connectivity index (χ3n) is 3.99. The highest BCUT2D eigenvalue weighted by molar-refractivity contribution is 5.92. The van der Waals surface area contributed by atoms with Crippen molar-refractivity contribution in [3.8, 4) is 0 Å². The monoisotopic (exact) mass is 300 g/mol. The first-order valence-electron chi connectivity index (χ1n) is 7.48. The Hall–Kier alpha value is -2.21. The summed E-state index contributed by atoms with van der Waals surface area (Å²) in [6.45, 7) is 4.67. The average molecular weight is 300 g/mol. The Bertz CT molecular complexity index is 653. The third kappa shape index (κ3) is 2.62. The van der Waals surface area contributed by atoms with Crippen molar-refractivity contribution in [3.05, 3.63) is 47.5 Å². The second-order valence-corrected chi connectivity index (χ2v) is 5.42. The van der Waals surface area contributed by atoms with Crippen molar-refractivity contribution in [2.75, 3.05) is 20.3 Å². The van der Waals surface area contributed by atoms with Crippen LogP contribution in [0, 0.1) is 0 Å². The van der Waals surface area contributed by atoms with Crippen molar-refractivity contribution in [3.63, 3.8) is 0 Å². The van der Waals surface area contributed by atoms with Crippen LogP contribution in [0.1, 0.15) is 34.6 Å². The van der Waals surface area contributed by atoms with Crippen molar-refractivity contribution in [2.24, 2.45) is 0 Å². The first-order valence-corrected chi connectivity index (χ1v) is 7.48. The third-order valence-corrected chi connectivity index (χ3v) is 3.99. The van der Waals surface area contributed by atoms with E-state index in [1.54, 1.807) is 19.4 Å². The largest absolute Gasteiger partial charge is 0.384 e. The molecule has 2 aromatic heterocycles. The Morgan fingerprint density at radius 2 is 2.32 bits per heavy atom. The fourth-order valence-corrected chi connectivity index (χ4v) is 3.04. The quantitative estimate of drug-likeness (QED) is 0.862. The highest BCUT2D eigenvalue weighted by Gasteiger charge is 2.32. The molecule has 0 N–H and O–H groups in total. The van der Waals surface area contributed by atoms with Crippen LogP contribution in [0.2, 0.25) is 0 Å². The smallest absolute Gasteiger partial charge is 0.272 e. The van der Waals surface area contributed by atoms with E-state index in [1.807, 2.05) is 27.9 Å². The van der Waals surface area contributed by atoms with Crippen LogP contribution < -0.4 is 0 Å². The van der Waals surface area contributed by atoms with E-state index < -0.39 is 0 Å². The van der Waals surface area contributed by atoms with Crippen LogP contribution in [0.3, 0.4) is 0 Å². The van der Waals surface area contributed by atoms with Gasteiger partial charge in [-0.1, -0.05) is 6.07 Å². The van der Waals surface area contributed by atoms with Gasteiger partial charge in [0, 0.05) is 44.4 Å². The molecule has 0 aliphatic carbocycles. The van der Waals surface area contributed by atoms with E-state index in [-0.39, 0.29) is 11.8 Å². The van der Waals surface area contributed by atoms with Gasteiger partial charge in [-0.05, 0) is 19.1 Å². The molecule has 1 aliphatic rings. The second kappa shape index (κ2) is 6.27. The Labute approximate surface area is 129 Å². The van der Waals surface area contributed by atoms with Crippen molar-refractivity contribution >= 4 is 5.91 Å². The SMILES string of the molecule is CCn1ncc2c1[C@@H](COC)CN(C(=O)c1ccccn1)C2. The molecule has 0 radical (unpaired) electrons. The standard InChI is InChI=1S/C16H20N4O2/c1-3-20-15-12(8-18-20)9-19(10-13(15)11-22-2)16(21)14-6-4-5-7-17-14/h4-8,13H,3,9-11H2,1-2H3/t13-/m1/s1. The molecule has 0 saturated carbocycles. The molecule has 0 bridgehead atoms. The van der Waals surface area contributed by atoms with E-state index in [1.165, 1.54) is 5.69 Å². The fourth-order valence-electron chi connectivity index (χ4n) is 3.04. The lowest BCUT2D eigenvalue weighted by Crippen LogP contribution is -2.40. The number of aromatic nitrogens is 3. The van der Waals surface area contributed by atoms with Crippen molar-refractivity contribution in [1.82, 2.24) is 19.7 Å². The van der Waals surface area contributed by atoms with E-state index in [0.717, 1.165) is 12.1 Å². The lowest BCUT2D eigenvalue weighted by Gasteiger charge is -2.33. The Balaban J connectivity index is 1.89. The van der Waals surface area contributed by atoms with Crippen LogP contribution in [0.5, 0.6) is 0 Å². The molecule has 0 saturated heterocycles. The summed E-state index contributed by atoms with van der Waals surface area (Å²) in [7, 11) is 1.69. The molecule has 116 valence electrons. The number of rotatable bonds is 4. The summed E-state index contributed by atoms with van der Waals surface area (Å²) >= 11 is 0. The highest BCUT2D eigenvalue weighted by Crippen LogP contribution is 2.29. The van der Waals surface area contributed by atoms with Gasteiger partial charge in [0.25, 0.3) is 5.91 Å². The van der Waals surface area contributed by atoms with Gasteiger partial charge in [0.05, 0.1) is 18.5 Å². The minimum Gasteiger partial charge on any atom is -0.384 e. The molecule has 1 atom stereocenters. The van der Waals surface area contributed by atoms with Gasteiger partial charge in [-0.25, -0.2) is 0 Å². The molecule has 1 aliphatic heterocycles. The molecular weight excluding hydrogens is 280 g/mol. The first kappa shape index (κ1) is 14.7. The van der Waals surface area contributed by atoms with Gasteiger partial charge in [0.15, 0.2) is 0 Å². The minimum absolute atomic E-state index is 0.0448. The molecule has 0 fully saturated rings. The molecule has 22 heavy (non-hydrogen) atoms.